The van der Waals surface area contributed by atoms with E-state index in [2.05, 4.69) is 5.32 Å². The molecule has 1 aromatic rings. The summed E-state index contributed by atoms with van der Waals surface area (Å²) in [6, 6.07) is 4.18. The Hall–Kier alpha value is -1.14. The molecule has 1 aromatic carbocycles. The van der Waals surface area contributed by atoms with E-state index in [0.29, 0.717) is 0 Å². The first-order valence-corrected chi connectivity index (χ1v) is 4.59. The SMILES string of the molecule is OCC(NCC(F)(F)F)c1cccc(F)c1. The van der Waals surface area contributed by atoms with Gasteiger partial charge in [-0.25, -0.2) is 4.39 Å². The molecule has 2 N–H and O–H groups in total. The molecule has 0 saturated heterocycles. The van der Waals surface area contributed by atoms with Crippen LogP contribution in [0.3, 0.4) is 0 Å². The lowest BCUT2D eigenvalue weighted by Crippen LogP contribution is -2.33. The third-order valence-electron chi connectivity index (χ3n) is 1.98. The molecular weight excluding hydrogens is 226 g/mol. The highest BCUT2D eigenvalue weighted by Gasteiger charge is 2.28. The van der Waals surface area contributed by atoms with Gasteiger partial charge in [0, 0.05) is 0 Å². The molecule has 1 rings (SSSR count). The molecule has 6 heteroatoms. The number of alkyl halides is 3. The van der Waals surface area contributed by atoms with Gasteiger partial charge in [0.25, 0.3) is 0 Å². The van der Waals surface area contributed by atoms with Gasteiger partial charge >= 0.3 is 6.18 Å². The summed E-state index contributed by atoms with van der Waals surface area (Å²) in [6.07, 6.45) is -4.36. The van der Waals surface area contributed by atoms with Gasteiger partial charge in [-0.1, -0.05) is 12.1 Å². The number of aliphatic hydroxyl groups excluding tert-OH is 1. The van der Waals surface area contributed by atoms with Gasteiger partial charge in [-0.05, 0) is 17.7 Å². The van der Waals surface area contributed by atoms with E-state index in [-0.39, 0.29) is 5.56 Å². The lowest BCUT2D eigenvalue weighted by Gasteiger charge is -2.17. The first kappa shape index (κ1) is 12.9. The summed E-state index contributed by atoms with van der Waals surface area (Å²) in [5, 5.41) is 11.0. The molecule has 0 amide bonds. The Morgan fingerprint density at radius 2 is 2.00 bits per heavy atom. The molecule has 0 heterocycles. The van der Waals surface area contributed by atoms with E-state index in [1.807, 2.05) is 0 Å². The summed E-state index contributed by atoms with van der Waals surface area (Å²) in [7, 11) is 0. The quantitative estimate of drug-likeness (QED) is 0.785. The Labute approximate surface area is 89.9 Å². The molecule has 0 saturated carbocycles. The number of benzene rings is 1. The first-order valence-electron chi connectivity index (χ1n) is 4.59. The zero-order valence-electron chi connectivity index (χ0n) is 8.26. The van der Waals surface area contributed by atoms with Gasteiger partial charge in [0.15, 0.2) is 0 Å². The normalized spacial score (nSPS) is 13.8. The predicted octanol–water partition coefficient (Wildman–Crippen LogP) is 2.01. The van der Waals surface area contributed by atoms with E-state index in [9.17, 15) is 17.6 Å². The van der Waals surface area contributed by atoms with Crippen molar-refractivity contribution in [1.82, 2.24) is 5.32 Å². The molecule has 0 radical (unpaired) electrons. The van der Waals surface area contributed by atoms with Gasteiger partial charge in [-0.15, -0.1) is 0 Å². The molecule has 16 heavy (non-hydrogen) atoms. The summed E-state index contributed by atoms with van der Waals surface area (Å²) >= 11 is 0. The van der Waals surface area contributed by atoms with Gasteiger partial charge < -0.3 is 5.11 Å². The maximum Gasteiger partial charge on any atom is 0.401 e. The van der Waals surface area contributed by atoms with Crippen molar-refractivity contribution in [1.29, 1.82) is 0 Å². The molecule has 0 fully saturated rings. The molecule has 0 spiro atoms. The van der Waals surface area contributed by atoms with Crippen molar-refractivity contribution in [2.75, 3.05) is 13.2 Å². The third kappa shape index (κ3) is 4.16. The molecule has 1 unspecified atom stereocenters. The van der Waals surface area contributed by atoms with Crippen LogP contribution in [-0.4, -0.2) is 24.4 Å². The minimum atomic E-state index is -4.36. The van der Waals surface area contributed by atoms with Crippen LogP contribution >= 0.6 is 0 Å². The zero-order chi connectivity index (χ0) is 12.2. The summed E-state index contributed by atoms with van der Waals surface area (Å²) in [6.45, 7) is -1.76. The largest absolute Gasteiger partial charge is 0.401 e. The Bertz CT molecular complexity index is 340. The lowest BCUT2D eigenvalue weighted by molar-refractivity contribution is -0.126. The molecule has 90 valence electrons. The van der Waals surface area contributed by atoms with Crippen LogP contribution in [0.1, 0.15) is 11.6 Å². The van der Waals surface area contributed by atoms with E-state index >= 15 is 0 Å². The molecule has 0 aliphatic rings. The van der Waals surface area contributed by atoms with Crippen LogP contribution in [-0.2, 0) is 0 Å². The second-order valence-electron chi connectivity index (χ2n) is 3.29. The van der Waals surface area contributed by atoms with Gasteiger partial charge in [0.2, 0.25) is 0 Å². The van der Waals surface area contributed by atoms with E-state index in [1.165, 1.54) is 18.2 Å². The average molecular weight is 237 g/mol. The summed E-state index contributed by atoms with van der Waals surface area (Å²) < 4.78 is 48.6. The van der Waals surface area contributed by atoms with Crippen LogP contribution in [0.4, 0.5) is 17.6 Å². The van der Waals surface area contributed by atoms with Crippen LogP contribution in [0.2, 0.25) is 0 Å². The topological polar surface area (TPSA) is 32.3 Å². The lowest BCUT2D eigenvalue weighted by atomic mass is 10.1. The van der Waals surface area contributed by atoms with Gasteiger partial charge in [0.1, 0.15) is 5.82 Å². The fraction of sp³-hybridized carbons (Fsp3) is 0.400. The Morgan fingerprint density at radius 1 is 1.31 bits per heavy atom. The van der Waals surface area contributed by atoms with Gasteiger partial charge in [0.05, 0.1) is 19.2 Å². The number of hydrogen-bond acceptors (Lipinski definition) is 2. The second kappa shape index (κ2) is 5.27. The van der Waals surface area contributed by atoms with Crippen molar-refractivity contribution in [2.45, 2.75) is 12.2 Å². The number of hydrogen-bond donors (Lipinski definition) is 2. The van der Waals surface area contributed by atoms with Crippen molar-refractivity contribution >= 4 is 0 Å². The summed E-state index contributed by atoms with van der Waals surface area (Å²) in [5.41, 5.74) is 0.284. The molecule has 0 aliphatic heterocycles. The van der Waals surface area contributed by atoms with E-state index < -0.39 is 31.2 Å². The molecule has 0 aromatic heterocycles. The predicted molar refractivity (Wildman–Crippen MR) is 50.3 cm³/mol. The highest BCUT2D eigenvalue weighted by Crippen LogP contribution is 2.17. The van der Waals surface area contributed by atoms with Crippen molar-refractivity contribution in [3.63, 3.8) is 0 Å². The minimum absolute atomic E-state index is 0.284. The first-order chi connectivity index (χ1) is 7.42. The maximum absolute atomic E-state index is 12.8. The van der Waals surface area contributed by atoms with E-state index in [1.54, 1.807) is 0 Å². The summed E-state index contributed by atoms with van der Waals surface area (Å²) in [4.78, 5) is 0. The van der Waals surface area contributed by atoms with Crippen LogP contribution in [0, 0.1) is 5.82 Å². The van der Waals surface area contributed by atoms with E-state index in [4.69, 9.17) is 5.11 Å². The second-order valence-corrected chi connectivity index (χ2v) is 3.29. The third-order valence-corrected chi connectivity index (χ3v) is 1.98. The van der Waals surface area contributed by atoms with Crippen LogP contribution in [0.25, 0.3) is 0 Å². The maximum atomic E-state index is 12.8. The monoisotopic (exact) mass is 237 g/mol. The molecule has 1 atom stereocenters. The van der Waals surface area contributed by atoms with Crippen LogP contribution < -0.4 is 5.32 Å². The zero-order valence-corrected chi connectivity index (χ0v) is 8.26. The number of nitrogens with one attached hydrogen (secondary N) is 1. The Morgan fingerprint density at radius 3 is 2.50 bits per heavy atom. The number of rotatable bonds is 4. The molecule has 0 aliphatic carbocycles. The molecule has 0 bridgehead atoms. The fourth-order valence-corrected chi connectivity index (χ4v) is 1.25. The highest BCUT2D eigenvalue weighted by atomic mass is 19.4. The Balaban J connectivity index is 2.68. The van der Waals surface area contributed by atoms with Crippen molar-refractivity contribution in [2.24, 2.45) is 0 Å². The highest BCUT2D eigenvalue weighted by molar-refractivity contribution is 5.20. The standard InChI is InChI=1S/C10H11F4NO/c11-8-3-1-2-7(4-8)9(5-16)15-6-10(12,13)14/h1-4,9,15-16H,5-6H2. The van der Waals surface area contributed by atoms with Crippen LogP contribution in [0.5, 0.6) is 0 Å². The van der Waals surface area contributed by atoms with Crippen molar-refractivity contribution in [3.05, 3.63) is 35.6 Å². The average Bonchev–Trinajstić information content (AvgIpc) is 2.17. The van der Waals surface area contributed by atoms with Gasteiger partial charge in [-0.2, -0.15) is 13.2 Å². The van der Waals surface area contributed by atoms with E-state index in [0.717, 1.165) is 6.07 Å². The van der Waals surface area contributed by atoms with Crippen molar-refractivity contribution < 1.29 is 22.7 Å². The molecular formula is C10H11F4NO. The smallest absolute Gasteiger partial charge is 0.394 e. The van der Waals surface area contributed by atoms with Gasteiger partial charge in [-0.3, -0.25) is 5.32 Å². The fourth-order valence-electron chi connectivity index (χ4n) is 1.25. The van der Waals surface area contributed by atoms with Crippen LogP contribution in [0.15, 0.2) is 24.3 Å². The van der Waals surface area contributed by atoms with Crippen molar-refractivity contribution in [3.8, 4) is 0 Å². The Kier molecular flexibility index (Phi) is 4.26. The summed E-state index contributed by atoms with van der Waals surface area (Å²) in [5.74, 6) is -0.551. The minimum Gasteiger partial charge on any atom is -0.394 e. The molecule has 2 nitrogen and oxygen atoms in total. The number of aliphatic hydroxyl groups is 1. The number of halogens is 4.